The van der Waals surface area contributed by atoms with Crippen LogP contribution < -0.4 is 15.0 Å². The van der Waals surface area contributed by atoms with Gasteiger partial charge in [0.05, 0.1) is 24.8 Å². The Morgan fingerprint density at radius 1 is 1.13 bits per heavy atom. The highest BCUT2D eigenvalue weighted by molar-refractivity contribution is 6.22. The first-order chi connectivity index (χ1) is 11.2. The molecule has 0 spiro atoms. The van der Waals surface area contributed by atoms with Crippen molar-refractivity contribution in [2.24, 2.45) is 0 Å². The maximum atomic E-state index is 12.6. The molecule has 1 saturated heterocycles. The topological polar surface area (TPSA) is 58.6 Å². The maximum absolute atomic E-state index is 12.6. The summed E-state index contributed by atoms with van der Waals surface area (Å²) >= 11 is 0. The van der Waals surface area contributed by atoms with E-state index in [0.29, 0.717) is 18.3 Å². The zero-order chi connectivity index (χ0) is 16.2. The van der Waals surface area contributed by atoms with Gasteiger partial charge in [-0.1, -0.05) is 19.3 Å². The van der Waals surface area contributed by atoms with Crippen LogP contribution in [0.3, 0.4) is 0 Å². The monoisotopic (exact) mass is 316 g/mol. The summed E-state index contributed by atoms with van der Waals surface area (Å²) in [6, 6.07) is 7.11. The zero-order valence-electron chi connectivity index (χ0n) is 13.6. The fraction of sp³-hybridized carbons (Fsp3) is 0.556. The van der Waals surface area contributed by atoms with E-state index < -0.39 is 0 Å². The highest BCUT2D eigenvalue weighted by Gasteiger charge is 2.40. The van der Waals surface area contributed by atoms with Crippen molar-refractivity contribution in [3.05, 3.63) is 24.3 Å². The first-order valence-electron chi connectivity index (χ1n) is 8.54. The fourth-order valence-corrected chi connectivity index (χ4v) is 3.45. The van der Waals surface area contributed by atoms with Gasteiger partial charge in [-0.15, -0.1) is 0 Å². The van der Waals surface area contributed by atoms with E-state index in [9.17, 15) is 9.59 Å². The third kappa shape index (κ3) is 3.55. The Labute approximate surface area is 137 Å². The molecule has 2 fully saturated rings. The Balaban J connectivity index is 1.68. The average Bonchev–Trinajstić information content (AvgIpc) is 2.84. The fourth-order valence-electron chi connectivity index (χ4n) is 3.45. The second kappa shape index (κ2) is 7.13. The second-order valence-corrected chi connectivity index (χ2v) is 6.25. The first-order valence-corrected chi connectivity index (χ1v) is 8.54. The molecule has 0 radical (unpaired) electrons. The molecule has 1 N–H and O–H groups in total. The SMILES string of the molecule is CCOc1ccc(N2C(=O)CC(NC3CCCCC3)C2=O)cc1. The summed E-state index contributed by atoms with van der Waals surface area (Å²) in [7, 11) is 0. The molecule has 3 rings (SSSR count). The van der Waals surface area contributed by atoms with Gasteiger partial charge in [0.1, 0.15) is 5.75 Å². The minimum atomic E-state index is -0.378. The average molecular weight is 316 g/mol. The van der Waals surface area contributed by atoms with Gasteiger partial charge in [-0.05, 0) is 44.0 Å². The number of rotatable bonds is 5. The van der Waals surface area contributed by atoms with Crippen LogP contribution >= 0.6 is 0 Å². The van der Waals surface area contributed by atoms with Crippen LogP contribution in [0.15, 0.2) is 24.3 Å². The smallest absolute Gasteiger partial charge is 0.251 e. The molecule has 2 amide bonds. The van der Waals surface area contributed by atoms with E-state index in [1.807, 2.05) is 6.92 Å². The van der Waals surface area contributed by atoms with E-state index in [-0.39, 0.29) is 24.3 Å². The predicted octanol–water partition coefficient (Wildman–Crippen LogP) is 2.64. The number of ether oxygens (including phenoxy) is 1. The largest absolute Gasteiger partial charge is 0.494 e. The molecule has 23 heavy (non-hydrogen) atoms. The summed E-state index contributed by atoms with van der Waals surface area (Å²) in [6.07, 6.45) is 6.13. The molecule has 0 aromatic heterocycles. The Hall–Kier alpha value is -1.88. The lowest BCUT2D eigenvalue weighted by atomic mass is 9.95. The zero-order valence-corrected chi connectivity index (χ0v) is 13.6. The summed E-state index contributed by atoms with van der Waals surface area (Å²) in [4.78, 5) is 26.2. The van der Waals surface area contributed by atoms with Gasteiger partial charge in [0, 0.05) is 6.04 Å². The van der Waals surface area contributed by atoms with Crippen molar-refractivity contribution in [3.63, 3.8) is 0 Å². The Bertz CT molecular complexity index is 564. The van der Waals surface area contributed by atoms with E-state index in [4.69, 9.17) is 4.74 Å². The van der Waals surface area contributed by atoms with Gasteiger partial charge in [-0.3, -0.25) is 9.59 Å². The number of anilines is 1. The van der Waals surface area contributed by atoms with Crippen molar-refractivity contribution in [1.29, 1.82) is 0 Å². The molecule has 5 nitrogen and oxygen atoms in total. The van der Waals surface area contributed by atoms with Crippen molar-refractivity contribution < 1.29 is 14.3 Å². The number of hydrogen-bond acceptors (Lipinski definition) is 4. The number of hydrogen-bond donors (Lipinski definition) is 1. The van der Waals surface area contributed by atoms with Crippen LogP contribution in [0.25, 0.3) is 0 Å². The molecule has 1 aromatic rings. The first kappa shape index (κ1) is 16.0. The molecule has 1 saturated carbocycles. The lowest BCUT2D eigenvalue weighted by Gasteiger charge is -2.25. The number of nitrogens with one attached hydrogen (secondary N) is 1. The summed E-state index contributed by atoms with van der Waals surface area (Å²) in [5.74, 6) is 0.476. The highest BCUT2D eigenvalue weighted by atomic mass is 16.5. The van der Waals surface area contributed by atoms with Gasteiger partial charge in [0.15, 0.2) is 0 Å². The van der Waals surface area contributed by atoms with Crippen molar-refractivity contribution in [3.8, 4) is 5.75 Å². The molecule has 5 heteroatoms. The van der Waals surface area contributed by atoms with Gasteiger partial charge in [0.25, 0.3) is 5.91 Å². The van der Waals surface area contributed by atoms with Crippen LogP contribution in [0.2, 0.25) is 0 Å². The molecule has 0 bridgehead atoms. The molecule has 1 aliphatic carbocycles. The molecule has 1 atom stereocenters. The van der Waals surface area contributed by atoms with Gasteiger partial charge in [0.2, 0.25) is 5.91 Å². The van der Waals surface area contributed by atoms with E-state index in [2.05, 4.69) is 5.32 Å². The lowest BCUT2D eigenvalue weighted by molar-refractivity contribution is -0.121. The maximum Gasteiger partial charge on any atom is 0.251 e. The third-order valence-corrected chi connectivity index (χ3v) is 4.59. The van der Waals surface area contributed by atoms with Crippen molar-refractivity contribution in [2.75, 3.05) is 11.5 Å². The minimum Gasteiger partial charge on any atom is -0.494 e. The molecule has 1 heterocycles. The van der Waals surface area contributed by atoms with Crippen LogP contribution in [-0.4, -0.2) is 30.5 Å². The second-order valence-electron chi connectivity index (χ2n) is 6.25. The van der Waals surface area contributed by atoms with E-state index in [1.165, 1.54) is 24.2 Å². The van der Waals surface area contributed by atoms with Crippen molar-refractivity contribution in [2.45, 2.75) is 57.5 Å². The predicted molar refractivity (Wildman–Crippen MR) is 88.5 cm³/mol. The molecule has 1 aromatic carbocycles. The van der Waals surface area contributed by atoms with E-state index in [1.54, 1.807) is 24.3 Å². The quantitative estimate of drug-likeness (QED) is 0.849. The van der Waals surface area contributed by atoms with Crippen LogP contribution in [0.5, 0.6) is 5.75 Å². The number of imide groups is 1. The van der Waals surface area contributed by atoms with Gasteiger partial charge in [-0.2, -0.15) is 0 Å². The third-order valence-electron chi connectivity index (χ3n) is 4.59. The van der Waals surface area contributed by atoms with E-state index >= 15 is 0 Å². The van der Waals surface area contributed by atoms with Crippen LogP contribution in [0.1, 0.15) is 45.4 Å². The normalized spacial score (nSPS) is 22.7. The number of amides is 2. The molecule has 1 aliphatic heterocycles. The van der Waals surface area contributed by atoms with Gasteiger partial charge < -0.3 is 10.1 Å². The minimum absolute atomic E-state index is 0.132. The van der Waals surface area contributed by atoms with Crippen LogP contribution in [0.4, 0.5) is 5.69 Å². The lowest BCUT2D eigenvalue weighted by Crippen LogP contribution is -2.44. The Kier molecular flexibility index (Phi) is 4.96. The summed E-state index contributed by atoms with van der Waals surface area (Å²) in [6.45, 7) is 2.51. The van der Waals surface area contributed by atoms with Crippen molar-refractivity contribution in [1.82, 2.24) is 5.32 Å². The van der Waals surface area contributed by atoms with E-state index in [0.717, 1.165) is 18.6 Å². The summed E-state index contributed by atoms with van der Waals surface area (Å²) < 4.78 is 5.40. The summed E-state index contributed by atoms with van der Waals surface area (Å²) in [5, 5.41) is 3.39. The summed E-state index contributed by atoms with van der Waals surface area (Å²) in [5.41, 5.74) is 0.622. The molecular weight excluding hydrogens is 292 g/mol. The molecule has 2 aliphatic rings. The standard InChI is InChI=1S/C18H24N2O3/c1-2-23-15-10-8-14(9-11-15)20-17(21)12-16(18(20)22)19-13-6-4-3-5-7-13/h8-11,13,16,19H,2-7,12H2,1H3. The van der Waals surface area contributed by atoms with Gasteiger partial charge in [-0.25, -0.2) is 4.90 Å². The Morgan fingerprint density at radius 2 is 1.83 bits per heavy atom. The van der Waals surface area contributed by atoms with Crippen LogP contribution in [-0.2, 0) is 9.59 Å². The molecule has 124 valence electrons. The number of benzene rings is 1. The van der Waals surface area contributed by atoms with Crippen molar-refractivity contribution >= 4 is 17.5 Å². The molecule has 1 unspecified atom stereocenters. The Morgan fingerprint density at radius 3 is 2.48 bits per heavy atom. The number of carbonyl (C=O) groups excluding carboxylic acids is 2. The highest BCUT2D eigenvalue weighted by Crippen LogP contribution is 2.26. The van der Waals surface area contributed by atoms with Crippen LogP contribution in [0, 0.1) is 0 Å². The molecular formula is C18H24N2O3. The van der Waals surface area contributed by atoms with Gasteiger partial charge >= 0.3 is 0 Å². The number of nitrogens with zero attached hydrogens (tertiary/aromatic N) is 1. The number of carbonyl (C=O) groups is 2.